The van der Waals surface area contributed by atoms with E-state index in [9.17, 15) is 13.2 Å². The third-order valence-electron chi connectivity index (χ3n) is 3.35. The largest absolute Gasteiger partial charge is 0.416 e. The Hall–Kier alpha value is -2.05. The molecule has 7 heteroatoms. The molecule has 2 aromatic carbocycles. The molecule has 0 fully saturated rings. The van der Waals surface area contributed by atoms with Gasteiger partial charge in [0.2, 0.25) is 0 Å². The van der Waals surface area contributed by atoms with Gasteiger partial charge in [0.25, 0.3) is 0 Å². The van der Waals surface area contributed by atoms with Crippen LogP contribution in [0.5, 0.6) is 0 Å². The third-order valence-corrected chi connectivity index (χ3v) is 3.92. The summed E-state index contributed by atoms with van der Waals surface area (Å²) < 4.78 is 38.9. The monoisotopic (exact) mass is 384 g/mol. The summed E-state index contributed by atoms with van der Waals surface area (Å²) in [4.78, 5) is 1.60. The number of anilines is 2. The number of hydrogen-bond acceptors (Lipinski definition) is 1. The van der Waals surface area contributed by atoms with Gasteiger partial charge in [-0.2, -0.15) is 13.2 Å². The molecule has 0 heterocycles. The van der Waals surface area contributed by atoms with Crippen LogP contribution in [0, 0.1) is 0 Å². The van der Waals surface area contributed by atoms with E-state index in [1.165, 1.54) is 6.07 Å². The van der Waals surface area contributed by atoms with Gasteiger partial charge in [-0.15, -0.1) is 0 Å². The summed E-state index contributed by atoms with van der Waals surface area (Å²) >= 11 is 11.2. The molecule has 0 saturated heterocycles. The number of allylic oxidation sites excluding steroid dienone is 1. The molecule has 2 aromatic rings. The molecule has 0 aliphatic heterocycles. The maximum Gasteiger partial charge on any atom is 0.416 e. The number of thiocarbonyl (C=S) groups is 1. The first-order valence-electron chi connectivity index (χ1n) is 7.44. The van der Waals surface area contributed by atoms with Gasteiger partial charge in [-0.1, -0.05) is 29.8 Å². The van der Waals surface area contributed by atoms with Crippen LogP contribution in [-0.2, 0) is 6.18 Å². The second kappa shape index (κ2) is 8.36. The molecule has 0 bridgehead atoms. The average Bonchev–Trinajstić information content (AvgIpc) is 2.57. The fourth-order valence-electron chi connectivity index (χ4n) is 2.09. The Labute approximate surface area is 154 Å². The van der Waals surface area contributed by atoms with Crippen LogP contribution < -0.4 is 10.2 Å². The Morgan fingerprint density at radius 1 is 1.20 bits per heavy atom. The van der Waals surface area contributed by atoms with E-state index in [0.29, 0.717) is 28.1 Å². The molecule has 0 aliphatic carbocycles. The zero-order valence-electron chi connectivity index (χ0n) is 13.3. The fraction of sp³-hybridized carbons (Fsp3) is 0.167. The fourth-order valence-corrected chi connectivity index (χ4v) is 2.51. The molecular formula is C18H16ClF3N2S. The van der Waals surface area contributed by atoms with Crippen molar-refractivity contribution in [3.05, 3.63) is 71.3 Å². The quantitative estimate of drug-likeness (QED) is 0.503. The van der Waals surface area contributed by atoms with Crippen LogP contribution in [0.25, 0.3) is 0 Å². The van der Waals surface area contributed by atoms with Crippen molar-refractivity contribution in [3.63, 3.8) is 0 Å². The summed E-state index contributed by atoms with van der Waals surface area (Å²) in [5, 5.41) is 3.89. The van der Waals surface area contributed by atoms with Crippen molar-refractivity contribution in [3.8, 4) is 0 Å². The maximum absolute atomic E-state index is 13.0. The van der Waals surface area contributed by atoms with Crippen LogP contribution in [0.3, 0.4) is 0 Å². The van der Waals surface area contributed by atoms with Gasteiger partial charge in [0.1, 0.15) is 0 Å². The van der Waals surface area contributed by atoms with Crippen molar-refractivity contribution in [2.24, 2.45) is 0 Å². The predicted octanol–water partition coefficient (Wildman–Crippen LogP) is 6.14. The average molecular weight is 385 g/mol. The van der Waals surface area contributed by atoms with Gasteiger partial charge in [0.15, 0.2) is 5.11 Å². The summed E-state index contributed by atoms with van der Waals surface area (Å²) in [5.41, 5.74) is 0.344. The molecule has 132 valence electrons. The van der Waals surface area contributed by atoms with Crippen molar-refractivity contribution in [2.45, 2.75) is 13.1 Å². The second-order valence-electron chi connectivity index (χ2n) is 5.16. The zero-order valence-corrected chi connectivity index (χ0v) is 14.9. The lowest BCUT2D eigenvalue weighted by atomic mass is 10.2. The molecule has 0 radical (unpaired) electrons. The van der Waals surface area contributed by atoms with Crippen LogP contribution in [0.2, 0.25) is 5.02 Å². The normalized spacial score (nSPS) is 11.6. The lowest BCUT2D eigenvalue weighted by Crippen LogP contribution is -2.35. The molecule has 0 spiro atoms. The van der Waals surface area contributed by atoms with E-state index in [0.717, 1.165) is 12.1 Å². The van der Waals surface area contributed by atoms with Crippen molar-refractivity contribution in [1.82, 2.24) is 0 Å². The highest BCUT2D eigenvalue weighted by Gasteiger charge is 2.31. The van der Waals surface area contributed by atoms with Gasteiger partial charge in [0.05, 0.1) is 5.56 Å². The molecule has 0 aromatic heterocycles. The Morgan fingerprint density at radius 3 is 2.48 bits per heavy atom. The topological polar surface area (TPSA) is 15.3 Å². The van der Waals surface area contributed by atoms with Crippen LogP contribution in [0.15, 0.2) is 60.7 Å². The van der Waals surface area contributed by atoms with Gasteiger partial charge in [-0.05, 0) is 61.6 Å². The minimum Gasteiger partial charge on any atom is -0.332 e. The molecule has 0 unspecified atom stereocenters. The Morgan fingerprint density at radius 2 is 1.88 bits per heavy atom. The number of halogens is 4. The third kappa shape index (κ3) is 5.47. The molecule has 25 heavy (non-hydrogen) atoms. The van der Waals surface area contributed by atoms with Crippen molar-refractivity contribution in [1.29, 1.82) is 0 Å². The zero-order chi connectivity index (χ0) is 18.4. The minimum absolute atomic E-state index is 0.291. The molecule has 1 N–H and O–H groups in total. The van der Waals surface area contributed by atoms with Gasteiger partial charge >= 0.3 is 6.18 Å². The molecule has 0 atom stereocenters. The maximum atomic E-state index is 13.0. The number of nitrogens with one attached hydrogen (secondary N) is 1. The summed E-state index contributed by atoms with van der Waals surface area (Å²) in [7, 11) is 0. The second-order valence-corrected chi connectivity index (χ2v) is 5.99. The number of rotatable bonds is 4. The van der Waals surface area contributed by atoms with Crippen molar-refractivity contribution in [2.75, 3.05) is 16.8 Å². The molecule has 2 rings (SSSR count). The van der Waals surface area contributed by atoms with Gasteiger partial charge < -0.3 is 10.2 Å². The minimum atomic E-state index is -4.41. The number of alkyl halides is 3. The van der Waals surface area contributed by atoms with E-state index in [1.54, 1.807) is 35.2 Å². The van der Waals surface area contributed by atoms with E-state index in [-0.39, 0.29) is 0 Å². The number of nitrogens with zero attached hydrogens (tertiary/aromatic N) is 1. The summed E-state index contributed by atoms with van der Waals surface area (Å²) in [6.45, 7) is 2.18. The summed E-state index contributed by atoms with van der Waals surface area (Å²) in [6, 6.07) is 12.0. The van der Waals surface area contributed by atoms with Gasteiger partial charge in [-0.25, -0.2) is 0 Å². The Kier molecular flexibility index (Phi) is 6.45. The van der Waals surface area contributed by atoms with E-state index < -0.39 is 11.7 Å². The summed E-state index contributed by atoms with van der Waals surface area (Å²) in [5.74, 6) is 0. The Bertz CT molecular complexity index is 758. The first-order chi connectivity index (χ1) is 11.8. The number of hydrogen-bond donors (Lipinski definition) is 1. The van der Waals surface area contributed by atoms with Crippen molar-refractivity contribution < 1.29 is 13.2 Å². The first-order valence-corrected chi connectivity index (χ1v) is 8.22. The summed E-state index contributed by atoms with van der Waals surface area (Å²) in [6.07, 6.45) is -0.783. The highest BCUT2D eigenvalue weighted by molar-refractivity contribution is 7.80. The SMILES string of the molecule is C/C=C/CN(C(=S)Nc1ccc(Cl)cc1)c1cccc(C(F)(F)F)c1. The van der Waals surface area contributed by atoms with Crippen LogP contribution >= 0.6 is 23.8 Å². The lowest BCUT2D eigenvalue weighted by Gasteiger charge is -2.25. The smallest absolute Gasteiger partial charge is 0.332 e. The number of benzene rings is 2. The van der Waals surface area contributed by atoms with Crippen LogP contribution in [0.4, 0.5) is 24.5 Å². The van der Waals surface area contributed by atoms with Crippen LogP contribution in [0.1, 0.15) is 12.5 Å². The standard InChI is InChI=1S/C18H16ClF3N2S/c1-2-3-11-24(16-6-4-5-13(12-16)18(20,21)22)17(25)23-15-9-7-14(19)8-10-15/h2-10,12H,11H2,1H3,(H,23,25)/b3-2+. The molecular weight excluding hydrogens is 369 g/mol. The molecule has 0 saturated carbocycles. The van der Waals surface area contributed by atoms with E-state index in [4.69, 9.17) is 23.8 Å². The molecule has 0 amide bonds. The van der Waals surface area contributed by atoms with Gasteiger partial charge in [-0.3, -0.25) is 0 Å². The van der Waals surface area contributed by atoms with E-state index in [1.807, 2.05) is 19.1 Å². The van der Waals surface area contributed by atoms with Gasteiger partial charge in [0, 0.05) is 22.9 Å². The molecule has 0 aliphatic rings. The van der Waals surface area contributed by atoms with Crippen LogP contribution in [-0.4, -0.2) is 11.7 Å². The predicted molar refractivity (Wildman–Crippen MR) is 101 cm³/mol. The van der Waals surface area contributed by atoms with E-state index in [2.05, 4.69) is 5.32 Å². The Balaban J connectivity index is 2.29. The first kappa shape index (κ1) is 19.3. The molecule has 2 nitrogen and oxygen atoms in total. The highest BCUT2D eigenvalue weighted by Crippen LogP contribution is 2.32. The van der Waals surface area contributed by atoms with E-state index >= 15 is 0 Å². The lowest BCUT2D eigenvalue weighted by molar-refractivity contribution is -0.137. The van der Waals surface area contributed by atoms with Crippen molar-refractivity contribution >= 4 is 40.3 Å². The highest BCUT2D eigenvalue weighted by atomic mass is 35.5.